The van der Waals surface area contributed by atoms with Crippen LogP contribution in [-0.2, 0) is 13.0 Å². The van der Waals surface area contributed by atoms with Gasteiger partial charge in [0, 0.05) is 6.42 Å². The Bertz CT molecular complexity index is 490. The van der Waals surface area contributed by atoms with Gasteiger partial charge in [0.25, 0.3) is 0 Å². The Kier molecular flexibility index (Phi) is 3.39. The lowest BCUT2D eigenvalue weighted by Crippen LogP contribution is -2.06. The van der Waals surface area contributed by atoms with E-state index < -0.39 is 0 Å². The number of benzene rings is 1. The summed E-state index contributed by atoms with van der Waals surface area (Å²) in [6.45, 7) is 3.23. The average molecular weight is 232 g/mol. The first-order chi connectivity index (χ1) is 8.20. The zero-order chi connectivity index (χ0) is 12.3. The van der Waals surface area contributed by atoms with Crippen molar-refractivity contribution in [2.24, 2.45) is 5.73 Å². The van der Waals surface area contributed by atoms with Crippen LogP contribution in [0.4, 0.5) is 0 Å². The van der Waals surface area contributed by atoms with Crippen molar-refractivity contribution in [3.63, 3.8) is 0 Å². The van der Waals surface area contributed by atoms with Crippen molar-refractivity contribution in [2.75, 3.05) is 6.54 Å². The largest absolute Gasteiger partial charge is 0.508 e. The quantitative estimate of drug-likeness (QED) is 0.819. The highest BCUT2D eigenvalue weighted by Gasteiger charge is 2.07. The number of phenols is 1. The molecule has 1 aromatic carbocycles. The number of nitrogens with two attached hydrogens (primary N) is 1. The van der Waals surface area contributed by atoms with Crippen LogP contribution >= 0.6 is 0 Å². The van der Waals surface area contributed by atoms with Gasteiger partial charge in [-0.15, -0.1) is 5.10 Å². The van der Waals surface area contributed by atoms with Gasteiger partial charge in [-0.05, 0) is 31.2 Å². The summed E-state index contributed by atoms with van der Waals surface area (Å²) in [5, 5.41) is 17.4. The van der Waals surface area contributed by atoms with Crippen molar-refractivity contribution < 1.29 is 5.11 Å². The molecule has 2 rings (SSSR count). The molecule has 0 bridgehead atoms. The Hall–Kier alpha value is -1.88. The third kappa shape index (κ3) is 2.62. The van der Waals surface area contributed by atoms with Crippen LogP contribution in [-0.4, -0.2) is 26.6 Å². The Morgan fingerprint density at radius 3 is 2.65 bits per heavy atom. The molecule has 0 amide bonds. The fourth-order valence-electron chi connectivity index (χ4n) is 1.69. The topological polar surface area (TPSA) is 77.0 Å². The zero-order valence-corrected chi connectivity index (χ0v) is 9.80. The standard InChI is InChI=1S/C12H16N4O/c1-9-12(6-7-13)14-15-16(9)8-10-2-4-11(17)5-3-10/h2-5,17H,6-8,13H2,1H3. The molecule has 0 spiro atoms. The van der Waals surface area contributed by atoms with E-state index in [9.17, 15) is 5.11 Å². The number of hydrogen-bond acceptors (Lipinski definition) is 4. The highest BCUT2D eigenvalue weighted by Crippen LogP contribution is 2.12. The van der Waals surface area contributed by atoms with E-state index in [0.717, 1.165) is 23.4 Å². The van der Waals surface area contributed by atoms with Crippen LogP contribution in [0.1, 0.15) is 17.0 Å². The summed E-state index contributed by atoms with van der Waals surface area (Å²) in [6.07, 6.45) is 0.751. The third-order valence-electron chi connectivity index (χ3n) is 2.73. The lowest BCUT2D eigenvalue weighted by atomic mass is 10.2. The first-order valence-corrected chi connectivity index (χ1v) is 5.57. The molecule has 0 aliphatic carbocycles. The van der Waals surface area contributed by atoms with Crippen molar-refractivity contribution in [3.8, 4) is 5.75 Å². The van der Waals surface area contributed by atoms with Gasteiger partial charge in [0.2, 0.25) is 0 Å². The van der Waals surface area contributed by atoms with Crippen LogP contribution in [0.3, 0.4) is 0 Å². The van der Waals surface area contributed by atoms with E-state index in [-0.39, 0.29) is 5.75 Å². The van der Waals surface area contributed by atoms with Gasteiger partial charge in [-0.2, -0.15) is 0 Å². The van der Waals surface area contributed by atoms with E-state index in [0.29, 0.717) is 13.1 Å². The Morgan fingerprint density at radius 2 is 2.00 bits per heavy atom. The summed E-state index contributed by atoms with van der Waals surface area (Å²) in [4.78, 5) is 0. The predicted octanol–water partition coefficient (Wildman–Crippen LogP) is 0.842. The van der Waals surface area contributed by atoms with Crippen molar-refractivity contribution in [2.45, 2.75) is 19.9 Å². The second-order valence-corrected chi connectivity index (χ2v) is 3.98. The van der Waals surface area contributed by atoms with Gasteiger partial charge in [-0.3, -0.25) is 0 Å². The number of nitrogens with zero attached hydrogens (tertiary/aromatic N) is 3. The molecule has 1 aromatic heterocycles. The minimum Gasteiger partial charge on any atom is -0.508 e. The van der Waals surface area contributed by atoms with Crippen LogP contribution in [0, 0.1) is 6.92 Å². The fourth-order valence-corrected chi connectivity index (χ4v) is 1.69. The summed E-state index contributed by atoms with van der Waals surface area (Å²) in [5.74, 6) is 0.271. The van der Waals surface area contributed by atoms with Gasteiger partial charge in [0.1, 0.15) is 5.75 Å². The summed E-state index contributed by atoms with van der Waals surface area (Å²) in [7, 11) is 0. The molecule has 17 heavy (non-hydrogen) atoms. The van der Waals surface area contributed by atoms with Gasteiger partial charge in [0.15, 0.2) is 0 Å². The summed E-state index contributed by atoms with van der Waals surface area (Å²) >= 11 is 0. The molecular formula is C12H16N4O. The van der Waals surface area contributed by atoms with E-state index in [1.165, 1.54) is 0 Å². The van der Waals surface area contributed by atoms with Gasteiger partial charge >= 0.3 is 0 Å². The van der Waals surface area contributed by atoms with Gasteiger partial charge in [-0.25, -0.2) is 4.68 Å². The van der Waals surface area contributed by atoms with Crippen LogP contribution in [0.15, 0.2) is 24.3 Å². The summed E-state index contributed by atoms with van der Waals surface area (Å²) in [5.41, 5.74) is 8.58. The van der Waals surface area contributed by atoms with Crippen LogP contribution in [0.5, 0.6) is 5.75 Å². The van der Waals surface area contributed by atoms with Crippen molar-refractivity contribution in [1.82, 2.24) is 15.0 Å². The Labute approximate surface area is 99.9 Å². The van der Waals surface area contributed by atoms with Crippen molar-refractivity contribution >= 4 is 0 Å². The lowest BCUT2D eigenvalue weighted by Gasteiger charge is -2.04. The molecule has 0 fully saturated rings. The number of rotatable bonds is 4. The van der Waals surface area contributed by atoms with E-state index >= 15 is 0 Å². The second kappa shape index (κ2) is 4.97. The lowest BCUT2D eigenvalue weighted by molar-refractivity contribution is 0.475. The van der Waals surface area contributed by atoms with E-state index in [1.54, 1.807) is 12.1 Å². The smallest absolute Gasteiger partial charge is 0.115 e. The van der Waals surface area contributed by atoms with Crippen molar-refractivity contribution in [1.29, 1.82) is 0 Å². The van der Waals surface area contributed by atoms with Gasteiger partial charge < -0.3 is 10.8 Å². The normalized spacial score (nSPS) is 10.7. The second-order valence-electron chi connectivity index (χ2n) is 3.98. The molecule has 5 nitrogen and oxygen atoms in total. The molecule has 0 aliphatic rings. The average Bonchev–Trinajstić information content (AvgIpc) is 2.65. The number of aromatic nitrogens is 3. The van der Waals surface area contributed by atoms with Crippen LogP contribution in [0.25, 0.3) is 0 Å². The first kappa shape index (κ1) is 11.6. The van der Waals surface area contributed by atoms with E-state index in [4.69, 9.17) is 5.73 Å². The number of aromatic hydroxyl groups is 1. The highest BCUT2D eigenvalue weighted by molar-refractivity contribution is 5.26. The summed E-state index contributed by atoms with van der Waals surface area (Å²) < 4.78 is 1.84. The monoisotopic (exact) mass is 232 g/mol. The molecule has 90 valence electrons. The maximum Gasteiger partial charge on any atom is 0.115 e. The van der Waals surface area contributed by atoms with Crippen LogP contribution < -0.4 is 5.73 Å². The molecule has 5 heteroatoms. The minimum atomic E-state index is 0.271. The number of hydrogen-bond donors (Lipinski definition) is 2. The molecule has 0 unspecified atom stereocenters. The van der Waals surface area contributed by atoms with Crippen LogP contribution in [0.2, 0.25) is 0 Å². The predicted molar refractivity (Wildman–Crippen MR) is 64.7 cm³/mol. The molecule has 0 saturated carbocycles. The Balaban J connectivity index is 2.16. The molecule has 2 aromatic rings. The fraction of sp³-hybridized carbons (Fsp3) is 0.333. The molecule has 3 N–H and O–H groups in total. The number of phenolic OH excluding ortho intramolecular Hbond substituents is 1. The highest BCUT2D eigenvalue weighted by atomic mass is 16.3. The molecule has 0 saturated heterocycles. The maximum atomic E-state index is 9.20. The molecule has 0 atom stereocenters. The first-order valence-electron chi connectivity index (χ1n) is 5.57. The van der Waals surface area contributed by atoms with E-state index in [1.807, 2.05) is 23.7 Å². The van der Waals surface area contributed by atoms with Gasteiger partial charge in [0.05, 0.1) is 17.9 Å². The molecule has 0 radical (unpaired) electrons. The SMILES string of the molecule is Cc1c(CCN)nnn1Cc1ccc(O)cc1. The van der Waals surface area contributed by atoms with E-state index in [2.05, 4.69) is 10.3 Å². The molecular weight excluding hydrogens is 216 g/mol. The molecule has 1 heterocycles. The summed E-state index contributed by atoms with van der Waals surface area (Å²) in [6, 6.07) is 7.09. The third-order valence-corrected chi connectivity index (χ3v) is 2.73. The zero-order valence-electron chi connectivity index (χ0n) is 9.80. The minimum absolute atomic E-state index is 0.271. The maximum absolute atomic E-state index is 9.20. The van der Waals surface area contributed by atoms with Crippen molar-refractivity contribution in [3.05, 3.63) is 41.2 Å². The van der Waals surface area contributed by atoms with Gasteiger partial charge in [-0.1, -0.05) is 17.3 Å². The Morgan fingerprint density at radius 1 is 1.29 bits per heavy atom. The molecule has 0 aliphatic heterocycles.